The molecule has 38 valence electrons. The molecular formula is C2H4N4S. The van der Waals surface area contributed by atoms with Gasteiger partial charge in [-0.2, -0.15) is 12.6 Å². The average molecular weight is 116 g/mol. The van der Waals surface area contributed by atoms with Crippen molar-refractivity contribution in [2.45, 2.75) is 6.17 Å². The van der Waals surface area contributed by atoms with Gasteiger partial charge >= 0.3 is 0 Å². The molecule has 0 unspecified atom stereocenters. The summed E-state index contributed by atoms with van der Waals surface area (Å²) in [7, 11) is 0. The molecule has 0 aliphatic carbocycles. The van der Waals surface area contributed by atoms with Crippen LogP contribution in [0.15, 0.2) is 20.7 Å². The molecule has 0 saturated carbocycles. The standard InChI is InChI=1S/C2H4N4S/c7-1-2-3-5-6-4-2/h2,7H,1H2. The van der Waals surface area contributed by atoms with Crippen LogP contribution in [0.4, 0.5) is 0 Å². The van der Waals surface area contributed by atoms with E-state index in [0.717, 1.165) is 0 Å². The van der Waals surface area contributed by atoms with Gasteiger partial charge in [0.05, 0.1) is 0 Å². The molecule has 1 aliphatic heterocycles. The van der Waals surface area contributed by atoms with Crippen LogP contribution in [0.25, 0.3) is 0 Å². The fourth-order valence-electron chi connectivity index (χ4n) is 0.262. The lowest BCUT2D eigenvalue weighted by Crippen LogP contribution is -1.95. The van der Waals surface area contributed by atoms with Crippen molar-refractivity contribution in [2.75, 3.05) is 5.75 Å². The van der Waals surface area contributed by atoms with Gasteiger partial charge in [0, 0.05) is 5.75 Å². The molecule has 0 aromatic rings. The molecule has 0 radical (unpaired) electrons. The van der Waals surface area contributed by atoms with Crippen molar-refractivity contribution in [2.24, 2.45) is 20.7 Å². The first-order valence-electron chi connectivity index (χ1n) is 1.84. The maximum absolute atomic E-state index is 3.91. The van der Waals surface area contributed by atoms with Crippen molar-refractivity contribution >= 4 is 12.6 Å². The Balaban J connectivity index is 2.44. The fraction of sp³-hybridized carbons (Fsp3) is 1.00. The van der Waals surface area contributed by atoms with Gasteiger partial charge in [0.25, 0.3) is 0 Å². The van der Waals surface area contributed by atoms with Gasteiger partial charge in [-0.15, -0.1) is 10.2 Å². The van der Waals surface area contributed by atoms with Crippen molar-refractivity contribution in [3.63, 3.8) is 0 Å². The van der Waals surface area contributed by atoms with E-state index in [1.54, 1.807) is 0 Å². The molecule has 0 N–H and O–H groups in total. The summed E-state index contributed by atoms with van der Waals surface area (Å²) in [4.78, 5) is 0. The highest BCUT2D eigenvalue weighted by Crippen LogP contribution is 2.04. The number of nitrogens with zero attached hydrogens (tertiary/aromatic N) is 4. The Kier molecular flexibility index (Phi) is 1.35. The molecule has 0 spiro atoms. The van der Waals surface area contributed by atoms with Crippen molar-refractivity contribution in [3.8, 4) is 0 Å². The number of hydrogen-bond acceptors (Lipinski definition) is 5. The van der Waals surface area contributed by atoms with Crippen LogP contribution in [0.1, 0.15) is 0 Å². The molecule has 0 fully saturated rings. The number of hydrogen-bond donors (Lipinski definition) is 1. The van der Waals surface area contributed by atoms with Gasteiger partial charge in [0.15, 0.2) is 6.17 Å². The highest BCUT2D eigenvalue weighted by molar-refractivity contribution is 7.80. The third kappa shape index (κ3) is 0.957. The highest BCUT2D eigenvalue weighted by atomic mass is 32.1. The third-order valence-corrected chi connectivity index (χ3v) is 0.900. The molecule has 0 atom stereocenters. The van der Waals surface area contributed by atoms with Crippen LogP contribution in [-0.2, 0) is 0 Å². The lowest BCUT2D eigenvalue weighted by atomic mass is 10.6. The number of thiol groups is 1. The van der Waals surface area contributed by atoms with E-state index in [1.165, 1.54) is 0 Å². The van der Waals surface area contributed by atoms with Gasteiger partial charge in [0.2, 0.25) is 0 Å². The van der Waals surface area contributed by atoms with Crippen molar-refractivity contribution in [3.05, 3.63) is 0 Å². The molecule has 1 aliphatic rings. The third-order valence-electron chi connectivity index (χ3n) is 0.573. The molecule has 7 heavy (non-hydrogen) atoms. The maximum atomic E-state index is 3.91. The van der Waals surface area contributed by atoms with E-state index in [9.17, 15) is 0 Å². The molecule has 0 aromatic carbocycles. The Labute approximate surface area is 46.1 Å². The van der Waals surface area contributed by atoms with Gasteiger partial charge in [-0.25, -0.2) is 0 Å². The van der Waals surface area contributed by atoms with Crippen LogP contribution in [0, 0.1) is 0 Å². The maximum Gasteiger partial charge on any atom is 0.194 e. The van der Waals surface area contributed by atoms with Crippen LogP contribution in [-0.4, -0.2) is 11.9 Å². The normalized spacial score (nSPS) is 19.0. The second kappa shape index (κ2) is 2.02. The summed E-state index contributed by atoms with van der Waals surface area (Å²) in [6.45, 7) is 0. The zero-order valence-electron chi connectivity index (χ0n) is 3.52. The van der Waals surface area contributed by atoms with Crippen LogP contribution < -0.4 is 0 Å². The minimum Gasteiger partial charge on any atom is -0.175 e. The second-order valence-electron chi connectivity index (χ2n) is 1.07. The van der Waals surface area contributed by atoms with Crippen LogP contribution in [0.2, 0.25) is 0 Å². The quantitative estimate of drug-likeness (QED) is 0.498. The molecule has 0 bridgehead atoms. The van der Waals surface area contributed by atoms with E-state index in [2.05, 4.69) is 33.3 Å². The monoisotopic (exact) mass is 116 g/mol. The van der Waals surface area contributed by atoms with E-state index in [1.807, 2.05) is 0 Å². The Morgan fingerprint density at radius 1 is 1.29 bits per heavy atom. The molecular weight excluding hydrogens is 112 g/mol. The van der Waals surface area contributed by atoms with E-state index in [0.29, 0.717) is 5.75 Å². The zero-order chi connectivity index (χ0) is 5.11. The largest absolute Gasteiger partial charge is 0.194 e. The first-order valence-corrected chi connectivity index (χ1v) is 2.47. The summed E-state index contributed by atoms with van der Waals surface area (Å²) in [6, 6.07) is 0. The summed E-state index contributed by atoms with van der Waals surface area (Å²) in [6.07, 6.45) is -0.122. The lowest BCUT2D eigenvalue weighted by molar-refractivity contribution is 0.795. The average Bonchev–Trinajstić information content (AvgIpc) is 2.14. The minimum absolute atomic E-state index is 0.122. The Bertz CT molecular complexity index is 96.3. The van der Waals surface area contributed by atoms with E-state index in [4.69, 9.17) is 0 Å². The molecule has 5 heteroatoms. The van der Waals surface area contributed by atoms with E-state index >= 15 is 0 Å². The molecule has 0 amide bonds. The zero-order valence-corrected chi connectivity index (χ0v) is 4.41. The Morgan fingerprint density at radius 3 is 2.14 bits per heavy atom. The molecule has 0 saturated heterocycles. The van der Waals surface area contributed by atoms with Crippen LogP contribution in [0.3, 0.4) is 0 Å². The highest BCUT2D eigenvalue weighted by Gasteiger charge is 2.03. The van der Waals surface area contributed by atoms with Gasteiger partial charge in [-0.3, -0.25) is 0 Å². The van der Waals surface area contributed by atoms with Gasteiger partial charge in [-0.1, -0.05) is 0 Å². The lowest BCUT2D eigenvalue weighted by Gasteiger charge is -1.86. The molecule has 4 nitrogen and oxygen atoms in total. The molecule has 1 rings (SSSR count). The summed E-state index contributed by atoms with van der Waals surface area (Å²) in [5.41, 5.74) is 0. The Morgan fingerprint density at radius 2 is 1.86 bits per heavy atom. The Hall–Kier alpha value is -0.450. The summed E-state index contributed by atoms with van der Waals surface area (Å²) in [5, 5.41) is 13.7. The summed E-state index contributed by atoms with van der Waals surface area (Å²) < 4.78 is 0. The van der Waals surface area contributed by atoms with Crippen LogP contribution in [0.5, 0.6) is 0 Å². The minimum atomic E-state index is -0.122. The fourth-order valence-corrected chi connectivity index (χ4v) is 0.408. The number of rotatable bonds is 1. The topological polar surface area (TPSA) is 49.4 Å². The van der Waals surface area contributed by atoms with Gasteiger partial charge in [-0.05, 0) is 10.4 Å². The molecule has 0 aromatic heterocycles. The summed E-state index contributed by atoms with van der Waals surface area (Å²) >= 11 is 3.91. The van der Waals surface area contributed by atoms with Crippen molar-refractivity contribution < 1.29 is 0 Å². The van der Waals surface area contributed by atoms with Crippen molar-refractivity contribution in [1.82, 2.24) is 0 Å². The molecule has 1 heterocycles. The second-order valence-corrected chi connectivity index (χ2v) is 1.44. The smallest absolute Gasteiger partial charge is 0.175 e. The van der Waals surface area contributed by atoms with Gasteiger partial charge in [0.1, 0.15) is 0 Å². The first kappa shape index (κ1) is 4.70. The van der Waals surface area contributed by atoms with Crippen molar-refractivity contribution in [1.29, 1.82) is 0 Å². The van der Waals surface area contributed by atoms with E-state index in [-0.39, 0.29) is 6.17 Å². The van der Waals surface area contributed by atoms with Crippen LogP contribution >= 0.6 is 12.6 Å². The van der Waals surface area contributed by atoms with Gasteiger partial charge < -0.3 is 0 Å². The predicted molar refractivity (Wildman–Crippen MR) is 27.4 cm³/mol. The predicted octanol–water partition coefficient (Wildman–Crippen LogP) is 1.08. The van der Waals surface area contributed by atoms with E-state index < -0.39 is 0 Å². The first-order chi connectivity index (χ1) is 3.43. The SMILES string of the molecule is SCC1N=NN=N1. The summed E-state index contributed by atoms with van der Waals surface area (Å²) in [5.74, 6) is 0.590.